The van der Waals surface area contributed by atoms with Crippen LogP contribution in [0.25, 0.3) is 0 Å². The van der Waals surface area contributed by atoms with Crippen LogP contribution in [0.2, 0.25) is 0 Å². The molecule has 1 atom stereocenters. The maximum atomic E-state index is 12.0. The first-order chi connectivity index (χ1) is 10.4. The van der Waals surface area contributed by atoms with Crippen LogP contribution in [0.3, 0.4) is 0 Å². The molecule has 0 aliphatic carbocycles. The van der Waals surface area contributed by atoms with Gasteiger partial charge >= 0.3 is 5.97 Å². The summed E-state index contributed by atoms with van der Waals surface area (Å²) in [6.07, 6.45) is 5.48. The van der Waals surface area contributed by atoms with Crippen LogP contribution in [0.1, 0.15) is 40.0 Å². The largest absolute Gasteiger partial charge is 0.454 e. The average Bonchev–Trinajstić information content (AvgIpc) is 2.46. The van der Waals surface area contributed by atoms with Crippen molar-refractivity contribution in [2.75, 3.05) is 19.6 Å². The Morgan fingerprint density at radius 3 is 2.95 bits per heavy atom. The van der Waals surface area contributed by atoms with Crippen LogP contribution in [0, 0.1) is 5.41 Å². The van der Waals surface area contributed by atoms with E-state index in [-0.39, 0.29) is 24.4 Å². The van der Waals surface area contributed by atoms with Crippen molar-refractivity contribution in [3.8, 4) is 0 Å². The van der Waals surface area contributed by atoms with Gasteiger partial charge in [-0.3, -0.25) is 9.59 Å². The van der Waals surface area contributed by atoms with Gasteiger partial charge in [-0.1, -0.05) is 20.8 Å². The minimum atomic E-state index is -0.447. The molecule has 0 aromatic heterocycles. The molecule has 6 nitrogen and oxygen atoms in total. The van der Waals surface area contributed by atoms with Crippen molar-refractivity contribution < 1.29 is 14.3 Å². The van der Waals surface area contributed by atoms with Crippen molar-refractivity contribution in [2.24, 2.45) is 10.4 Å². The zero-order chi connectivity index (χ0) is 16.2. The molecule has 122 valence electrons. The van der Waals surface area contributed by atoms with Crippen LogP contribution in [0.15, 0.2) is 17.3 Å². The van der Waals surface area contributed by atoms with Gasteiger partial charge < -0.3 is 15.0 Å². The van der Waals surface area contributed by atoms with E-state index in [1.165, 1.54) is 0 Å². The lowest BCUT2D eigenvalue weighted by Gasteiger charge is -2.35. The molecule has 1 fully saturated rings. The summed E-state index contributed by atoms with van der Waals surface area (Å²) in [5, 5.41) is 2.76. The molecule has 1 N–H and O–H groups in total. The van der Waals surface area contributed by atoms with Crippen LogP contribution in [-0.2, 0) is 14.3 Å². The fourth-order valence-corrected chi connectivity index (χ4v) is 2.44. The molecule has 1 unspecified atom stereocenters. The summed E-state index contributed by atoms with van der Waals surface area (Å²) in [4.78, 5) is 30.2. The molecule has 0 aromatic rings. The van der Waals surface area contributed by atoms with Gasteiger partial charge in [0.25, 0.3) is 0 Å². The van der Waals surface area contributed by atoms with Crippen molar-refractivity contribution in [3.63, 3.8) is 0 Å². The highest BCUT2D eigenvalue weighted by molar-refractivity contribution is 5.90. The lowest BCUT2D eigenvalue weighted by atomic mass is 9.96. The molecule has 0 spiro atoms. The van der Waals surface area contributed by atoms with Crippen molar-refractivity contribution in [3.05, 3.63) is 12.3 Å². The number of carbonyl (C=O) groups excluding carboxylic acids is 2. The number of fused-ring (bicyclic) bond motifs is 1. The molecule has 0 bridgehead atoms. The number of esters is 1. The molecular formula is C16H25N3O3. The number of nitrogens with zero attached hydrogens (tertiary/aromatic N) is 2. The summed E-state index contributed by atoms with van der Waals surface area (Å²) in [5.41, 5.74) is -0.447. The zero-order valence-electron chi connectivity index (χ0n) is 13.6. The lowest BCUT2D eigenvalue weighted by molar-refractivity contribution is -0.147. The first kappa shape index (κ1) is 16.5. The maximum Gasteiger partial charge on any atom is 0.308 e. The Morgan fingerprint density at radius 2 is 2.23 bits per heavy atom. The Hall–Kier alpha value is -1.85. The number of rotatable bonds is 4. The summed E-state index contributed by atoms with van der Waals surface area (Å²) in [5.74, 6) is 0.491. The quantitative estimate of drug-likeness (QED) is 0.799. The van der Waals surface area contributed by atoms with Gasteiger partial charge in [-0.2, -0.15) is 0 Å². The second-order valence-corrected chi connectivity index (χ2v) is 6.69. The highest BCUT2D eigenvalue weighted by Gasteiger charge is 2.30. The standard InChI is InChI=1S/C16H25N3O3/c1-16(2,3)15(21)18-9-7-13(20)22-12-6-4-10-19-11-5-8-17-14(12)19/h5,8,12H,4,6-7,9-11H2,1-3H3,(H,18,21). The molecule has 1 amide bonds. The molecule has 0 saturated carbocycles. The number of amidine groups is 1. The number of piperidine rings is 1. The summed E-state index contributed by atoms with van der Waals surface area (Å²) in [6.45, 7) is 7.61. The number of nitrogens with one attached hydrogen (secondary N) is 1. The van der Waals surface area contributed by atoms with E-state index in [1.54, 1.807) is 6.20 Å². The van der Waals surface area contributed by atoms with Crippen molar-refractivity contribution in [1.29, 1.82) is 0 Å². The van der Waals surface area contributed by atoms with Crippen molar-refractivity contribution >= 4 is 17.7 Å². The van der Waals surface area contributed by atoms with Crippen molar-refractivity contribution in [2.45, 2.75) is 46.1 Å². The third kappa shape index (κ3) is 4.32. The van der Waals surface area contributed by atoms with Gasteiger partial charge in [0.2, 0.25) is 5.91 Å². The predicted octanol–water partition coefficient (Wildman–Crippen LogP) is 1.47. The Labute approximate surface area is 131 Å². The van der Waals surface area contributed by atoms with Gasteiger partial charge in [0.15, 0.2) is 6.10 Å². The van der Waals surface area contributed by atoms with Crippen LogP contribution in [0.5, 0.6) is 0 Å². The summed E-state index contributed by atoms with van der Waals surface area (Å²) >= 11 is 0. The Morgan fingerprint density at radius 1 is 1.45 bits per heavy atom. The third-order valence-corrected chi connectivity index (χ3v) is 3.71. The van der Waals surface area contributed by atoms with Crippen LogP contribution in [-0.4, -0.2) is 48.4 Å². The minimum Gasteiger partial charge on any atom is -0.454 e. The number of amides is 1. The molecule has 2 aliphatic heterocycles. The van der Waals surface area contributed by atoms with E-state index >= 15 is 0 Å². The molecule has 0 radical (unpaired) electrons. The number of hydrogen-bond acceptors (Lipinski definition) is 5. The Kier molecular flexibility index (Phi) is 5.21. The second-order valence-electron chi connectivity index (χ2n) is 6.69. The first-order valence-corrected chi connectivity index (χ1v) is 7.83. The van der Waals surface area contributed by atoms with E-state index < -0.39 is 5.41 Å². The smallest absolute Gasteiger partial charge is 0.308 e. The highest BCUT2D eigenvalue weighted by atomic mass is 16.5. The molecule has 2 heterocycles. The zero-order valence-corrected chi connectivity index (χ0v) is 13.6. The van der Waals surface area contributed by atoms with Gasteiger partial charge in [0.1, 0.15) is 5.84 Å². The summed E-state index contributed by atoms with van der Waals surface area (Å²) in [6, 6.07) is 0. The third-order valence-electron chi connectivity index (χ3n) is 3.71. The minimum absolute atomic E-state index is 0.0639. The second kappa shape index (κ2) is 6.94. The van der Waals surface area contributed by atoms with Gasteiger partial charge in [0.05, 0.1) is 6.42 Å². The predicted molar refractivity (Wildman–Crippen MR) is 84.3 cm³/mol. The molecular weight excluding hydrogens is 282 g/mol. The lowest BCUT2D eigenvalue weighted by Crippen LogP contribution is -2.47. The Balaban J connectivity index is 1.78. The average molecular weight is 307 g/mol. The van der Waals surface area contributed by atoms with E-state index in [1.807, 2.05) is 26.8 Å². The van der Waals surface area contributed by atoms with E-state index in [0.717, 1.165) is 31.8 Å². The monoisotopic (exact) mass is 307 g/mol. The normalized spacial score (nSPS) is 21.0. The highest BCUT2D eigenvalue weighted by Crippen LogP contribution is 2.19. The number of aliphatic imine (C=N–C) groups is 1. The molecule has 22 heavy (non-hydrogen) atoms. The number of hydrogen-bond donors (Lipinski definition) is 1. The van der Waals surface area contributed by atoms with Gasteiger partial charge in [-0.25, -0.2) is 4.99 Å². The summed E-state index contributed by atoms with van der Waals surface area (Å²) in [7, 11) is 0. The fraction of sp³-hybridized carbons (Fsp3) is 0.688. The van der Waals surface area contributed by atoms with E-state index in [2.05, 4.69) is 15.2 Å². The van der Waals surface area contributed by atoms with Crippen LogP contribution < -0.4 is 5.32 Å². The number of ether oxygens (including phenoxy) is 1. The van der Waals surface area contributed by atoms with E-state index in [4.69, 9.17) is 4.74 Å². The van der Waals surface area contributed by atoms with Gasteiger partial charge in [0, 0.05) is 31.2 Å². The van der Waals surface area contributed by atoms with Crippen LogP contribution >= 0.6 is 0 Å². The molecule has 6 heteroatoms. The topological polar surface area (TPSA) is 71.0 Å². The fourth-order valence-electron chi connectivity index (χ4n) is 2.44. The molecule has 1 saturated heterocycles. The first-order valence-electron chi connectivity index (χ1n) is 7.83. The number of carbonyl (C=O) groups is 2. The van der Waals surface area contributed by atoms with Crippen molar-refractivity contribution in [1.82, 2.24) is 10.2 Å². The van der Waals surface area contributed by atoms with E-state index in [0.29, 0.717) is 6.54 Å². The van der Waals surface area contributed by atoms with Gasteiger partial charge in [-0.15, -0.1) is 0 Å². The SMILES string of the molecule is CC(C)(C)C(=O)NCCC(=O)OC1CCCN2CC=CN=C12. The van der Waals surface area contributed by atoms with Gasteiger partial charge in [-0.05, 0) is 18.9 Å². The molecule has 0 aromatic carbocycles. The maximum absolute atomic E-state index is 12.0. The van der Waals surface area contributed by atoms with Crippen LogP contribution in [0.4, 0.5) is 0 Å². The summed E-state index contributed by atoms with van der Waals surface area (Å²) < 4.78 is 5.53. The van der Waals surface area contributed by atoms with E-state index in [9.17, 15) is 9.59 Å². The Bertz CT molecular complexity index is 491. The molecule has 2 rings (SSSR count). The molecule has 2 aliphatic rings.